The van der Waals surface area contributed by atoms with E-state index in [9.17, 15) is 0 Å². The van der Waals surface area contributed by atoms with Crippen LogP contribution in [-0.2, 0) is 15.8 Å². The molecule has 0 saturated carbocycles. The second-order valence-electron chi connectivity index (χ2n) is 11.3. The zero-order valence-corrected chi connectivity index (χ0v) is 25.2. The van der Waals surface area contributed by atoms with Crippen LogP contribution in [0.5, 0.6) is 5.75 Å². The molecule has 3 rings (SSSR count). The van der Waals surface area contributed by atoms with Gasteiger partial charge in [0.1, 0.15) is 5.75 Å². The zero-order valence-electron chi connectivity index (χ0n) is 24.2. The number of rotatable bonds is 14. The molecule has 0 radical (unpaired) electrons. The summed E-state index contributed by atoms with van der Waals surface area (Å²) in [4.78, 5) is 0. The van der Waals surface area contributed by atoms with E-state index in [1.807, 2.05) is 18.2 Å². The number of hydrogen-bond acceptors (Lipinski definition) is 3. The number of hydrogen-bond donors (Lipinski definition) is 0. The molecular formula is C34H46O3Si. The molecule has 3 aromatic rings. The lowest BCUT2D eigenvalue weighted by molar-refractivity contribution is -0.0197. The summed E-state index contributed by atoms with van der Waals surface area (Å²) in [6.07, 6.45) is 4.12. The van der Waals surface area contributed by atoms with Gasteiger partial charge in [0, 0.05) is 12.5 Å². The predicted octanol–water partition coefficient (Wildman–Crippen LogP) is 7.40. The van der Waals surface area contributed by atoms with Gasteiger partial charge in [0.05, 0.1) is 19.8 Å². The molecule has 0 amide bonds. The fourth-order valence-electron chi connectivity index (χ4n) is 5.44. The molecule has 0 N–H and O–H groups in total. The average Bonchev–Trinajstić information content (AvgIpc) is 2.93. The fraction of sp³-hybridized carbons (Fsp3) is 0.412. The lowest BCUT2D eigenvalue weighted by atomic mass is 9.90. The second kappa shape index (κ2) is 13.9. The second-order valence-corrected chi connectivity index (χ2v) is 15.7. The lowest BCUT2D eigenvalue weighted by Gasteiger charge is -2.43. The highest BCUT2D eigenvalue weighted by atomic mass is 28.4. The molecule has 0 spiro atoms. The van der Waals surface area contributed by atoms with Gasteiger partial charge in [-0.1, -0.05) is 113 Å². The van der Waals surface area contributed by atoms with E-state index in [1.54, 1.807) is 7.11 Å². The van der Waals surface area contributed by atoms with Crippen molar-refractivity contribution in [3.63, 3.8) is 0 Å². The van der Waals surface area contributed by atoms with Crippen LogP contribution in [0.15, 0.2) is 97.6 Å². The summed E-state index contributed by atoms with van der Waals surface area (Å²) >= 11 is 0. The summed E-state index contributed by atoms with van der Waals surface area (Å²) in [7, 11) is -0.815. The van der Waals surface area contributed by atoms with Gasteiger partial charge < -0.3 is 13.9 Å². The Hall–Kier alpha value is -2.66. The van der Waals surface area contributed by atoms with Gasteiger partial charge in [0.15, 0.2) is 0 Å². The highest BCUT2D eigenvalue weighted by Crippen LogP contribution is 2.37. The molecule has 204 valence electrons. The van der Waals surface area contributed by atoms with Crippen LogP contribution in [-0.4, -0.2) is 28.1 Å². The first kappa shape index (κ1) is 29.9. The molecule has 0 bridgehead atoms. The summed E-state index contributed by atoms with van der Waals surface area (Å²) in [6, 6.07) is 29.8. The number of benzene rings is 3. The highest BCUT2D eigenvalue weighted by molar-refractivity contribution is 6.99. The first-order valence-corrected chi connectivity index (χ1v) is 15.8. The molecule has 4 heteroatoms. The van der Waals surface area contributed by atoms with E-state index in [0.717, 1.165) is 30.8 Å². The van der Waals surface area contributed by atoms with Crippen LogP contribution in [0.4, 0.5) is 0 Å². The first-order chi connectivity index (χ1) is 18.2. The summed E-state index contributed by atoms with van der Waals surface area (Å²) in [5, 5.41) is 2.64. The van der Waals surface area contributed by atoms with E-state index in [4.69, 9.17) is 13.9 Å². The molecule has 0 aliphatic carbocycles. The first-order valence-electron chi connectivity index (χ1n) is 13.8. The minimum absolute atomic E-state index is 0.0112. The Balaban J connectivity index is 1.70. The number of ether oxygens (including phenoxy) is 2. The molecule has 3 aromatic carbocycles. The molecule has 0 aliphatic rings. The minimum Gasteiger partial charge on any atom is -0.497 e. The van der Waals surface area contributed by atoms with Crippen molar-refractivity contribution in [1.29, 1.82) is 0 Å². The van der Waals surface area contributed by atoms with Crippen LogP contribution in [0.3, 0.4) is 0 Å². The van der Waals surface area contributed by atoms with Crippen molar-refractivity contribution in [3.8, 4) is 5.75 Å². The molecule has 0 fully saturated rings. The predicted molar refractivity (Wildman–Crippen MR) is 163 cm³/mol. The summed E-state index contributed by atoms with van der Waals surface area (Å²) in [6.45, 7) is 16.8. The Morgan fingerprint density at radius 2 is 1.39 bits per heavy atom. The Bertz CT molecular complexity index is 1050. The van der Waals surface area contributed by atoms with Gasteiger partial charge in [-0.05, 0) is 51.9 Å². The third-order valence-corrected chi connectivity index (χ3v) is 12.6. The van der Waals surface area contributed by atoms with Gasteiger partial charge in [0.25, 0.3) is 8.32 Å². The molecule has 0 aliphatic heterocycles. The smallest absolute Gasteiger partial charge is 0.261 e. The summed E-state index contributed by atoms with van der Waals surface area (Å²) in [5.74, 6) is 1.50. The van der Waals surface area contributed by atoms with Crippen molar-refractivity contribution >= 4 is 18.7 Å². The van der Waals surface area contributed by atoms with Crippen LogP contribution >= 0.6 is 0 Å². The molecule has 0 heterocycles. The third kappa shape index (κ3) is 7.25. The summed E-state index contributed by atoms with van der Waals surface area (Å²) < 4.78 is 18.8. The van der Waals surface area contributed by atoms with E-state index in [2.05, 4.69) is 114 Å². The molecule has 38 heavy (non-hydrogen) atoms. The van der Waals surface area contributed by atoms with E-state index in [0.29, 0.717) is 12.5 Å². The molecule has 3 nitrogen and oxygen atoms in total. The molecule has 0 unspecified atom stereocenters. The van der Waals surface area contributed by atoms with E-state index < -0.39 is 8.32 Å². The molecule has 0 aromatic heterocycles. The maximum Gasteiger partial charge on any atom is 0.261 e. The molecule has 3 atom stereocenters. The van der Waals surface area contributed by atoms with Gasteiger partial charge in [-0.2, -0.15) is 0 Å². The van der Waals surface area contributed by atoms with Gasteiger partial charge in [-0.3, -0.25) is 0 Å². The monoisotopic (exact) mass is 530 g/mol. The van der Waals surface area contributed by atoms with Gasteiger partial charge in [-0.25, -0.2) is 0 Å². The van der Waals surface area contributed by atoms with Crippen LogP contribution < -0.4 is 15.1 Å². The minimum atomic E-state index is -2.50. The van der Waals surface area contributed by atoms with Crippen molar-refractivity contribution < 1.29 is 13.9 Å². The standard InChI is InChI=1S/C34H46O3Si/c1-8-27(2)33(36-26-29-21-23-30(35-7)24-22-29)28(3)16-15-25-37-38(34(4,5)6,31-17-11-9-12-18-31)32-19-13-10-14-20-32/h8-14,17-24,27-28,33H,1,15-16,25-26H2,2-7H3/t27-,28-,33-/m1/s1. The van der Waals surface area contributed by atoms with Crippen LogP contribution in [0.25, 0.3) is 0 Å². The average molecular weight is 531 g/mol. The third-order valence-electron chi connectivity index (χ3n) is 7.59. The summed E-state index contributed by atoms with van der Waals surface area (Å²) in [5.41, 5.74) is 1.15. The van der Waals surface area contributed by atoms with E-state index in [-0.39, 0.29) is 17.1 Å². The van der Waals surface area contributed by atoms with Crippen LogP contribution in [0.1, 0.15) is 53.0 Å². The maximum atomic E-state index is 7.10. The van der Waals surface area contributed by atoms with Gasteiger partial charge in [-0.15, -0.1) is 6.58 Å². The number of methoxy groups -OCH3 is 1. The van der Waals surface area contributed by atoms with Gasteiger partial charge in [0.2, 0.25) is 0 Å². The topological polar surface area (TPSA) is 27.7 Å². The Labute approximate surface area is 232 Å². The fourth-order valence-corrected chi connectivity index (χ4v) is 10.0. The zero-order chi connectivity index (χ0) is 27.6. The quantitative estimate of drug-likeness (QED) is 0.123. The maximum absolute atomic E-state index is 7.10. The molecular weight excluding hydrogens is 484 g/mol. The van der Waals surface area contributed by atoms with Crippen molar-refractivity contribution in [1.82, 2.24) is 0 Å². The Kier molecular flexibility index (Phi) is 11.0. The highest BCUT2D eigenvalue weighted by Gasteiger charge is 2.49. The lowest BCUT2D eigenvalue weighted by Crippen LogP contribution is -2.66. The Morgan fingerprint density at radius 1 is 0.842 bits per heavy atom. The van der Waals surface area contributed by atoms with E-state index in [1.165, 1.54) is 10.4 Å². The Morgan fingerprint density at radius 3 is 1.87 bits per heavy atom. The van der Waals surface area contributed by atoms with Crippen molar-refractivity contribution in [2.24, 2.45) is 11.8 Å². The molecule has 0 saturated heterocycles. The van der Waals surface area contributed by atoms with Crippen molar-refractivity contribution in [3.05, 3.63) is 103 Å². The normalized spacial score (nSPS) is 14.5. The van der Waals surface area contributed by atoms with Crippen LogP contribution in [0, 0.1) is 11.8 Å². The van der Waals surface area contributed by atoms with Crippen molar-refractivity contribution in [2.75, 3.05) is 13.7 Å². The van der Waals surface area contributed by atoms with Gasteiger partial charge >= 0.3 is 0 Å². The van der Waals surface area contributed by atoms with E-state index >= 15 is 0 Å². The van der Waals surface area contributed by atoms with Crippen molar-refractivity contribution in [2.45, 2.75) is 65.2 Å². The largest absolute Gasteiger partial charge is 0.497 e. The SMILES string of the molecule is C=C[C@@H](C)[C@@H](OCc1ccc(OC)cc1)[C@H](C)CCCO[Si](c1ccccc1)(c1ccccc1)C(C)(C)C. The van der Waals surface area contributed by atoms with Crippen LogP contribution in [0.2, 0.25) is 5.04 Å².